The molecule has 0 saturated heterocycles. The summed E-state index contributed by atoms with van der Waals surface area (Å²) in [5, 5.41) is 16.0. The van der Waals surface area contributed by atoms with Crippen LogP contribution in [0.15, 0.2) is 0 Å². The molecule has 0 saturated carbocycles. The first-order valence-electron chi connectivity index (χ1n) is 13.8. The maximum Gasteiger partial charge on any atom is 0.417 e. The van der Waals surface area contributed by atoms with Crippen molar-refractivity contribution in [3.8, 4) is 0 Å². The smallest absolute Gasteiger partial charge is 0.417 e. The Bertz CT molecular complexity index is 844. The molecule has 4 amide bonds. The molecular formula is C27H52N6O7. The van der Waals surface area contributed by atoms with Gasteiger partial charge in [0.15, 0.2) is 0 Å². The van der Waals surface area contributed by atoms with E-state index in [1.807, 2.05) is 0 Å². The number of nitrogens with two attached hydrogens (primary N) is 1. The first kappa shape index (κ1) is 36.9. The van der Waals surface area contributed by atoms with Crippen molar-refractivity contribution in [2.75, 3.05) is 19.6 Å². The molecule has 0 radical (unpaired) electrons. The molecule has 13 nitrogen and oxygen atoms in total. The Labute approximate surface area is 239 Å². The third-order valence-electron chi connectivity index (χ3n) is 4.82. The standard InChI is InChI=1S/C27H52N6O7/c1-25(2,3)38-22(35)31-19(20(34)30-17-13-11-10-12-16-28)15-14-18-33(24(37)40-27(7,8)9)21(29)32-23(36)39-26(4,5)6/h19H,10-18,28H2,1-9H3,(H,30,34)(H,31,35)(H2,29,32,36). The highest BCUT2D eigenvalue weighted by molar-refractivity contribution is 5.99. The highest BCUT2D eigenvalue weighted by atomic mass is 16.6. The normalized spacial score (nSPS) is 12.6. The van der Waals surface area contributed by atoms with Gasteiger partial charge in [-0.2, -0.15) is 0 Å². The number of ether oxygens (including phenoxy) is 3. The highest BCUT2D eigenvalue weighted by Gasteiger charge is 2.29. The van der Waals surface area contributed by atoms with Crippen molar-refractivity contribution in [1.29, 1.82) is 5.41 Å². The minimum Gasteiger partial charge on any atom is -0.444 e. The molecule has 1 unspecified atom stereocenters. The molecule has 0 heterocycles. The summed E-state index contributed by atoms with van der Waals surface area (Å²) in [6.45, 7) is 16.2. The number of unbranched alkanes of at least 4 members (excludes halogenated alkanes) is 3. The molecule has 0 rings (SSSR count). The number of rotatable bonds is 12. The van der Waals surface area contributed by atoms with Crippen LogP contribution >= 0.6 is 0 Å². The molecule has 232 valence electrons. The van der Waals surface area contributed by atoms with Crippen molar-refractivity contribution in [3.05, 3.63) is 0 Å². The lowest BCUT2D eigenvalue weighted by Crippen LogP contribution is -2.51. The highest BCUT2D eigenvalue weighted by Crippen LogP contribution is 2.13. The summed E-state index contributed by atoms with van der Waals surface area (Å²) in [5.41, 5.74) is 3.09. The van der Waals surface area contributed by atoms with Crippen LogP contribution in [0, 0.1) is 5.41 Å². The van der Waals surface area contributed by atoms with Gasteiger partial charge < -0.3 is 30.6 Å². The summed E-state index contributed by atoms with van der Waals surface area (Å²) in [7, 11) is 0. The van der Waals surface area contributed by atoms with E-state index in [0.717, 1.165) is 30.6 Å². The van der Waals surface area contributed by atoms with Crippen molar-refractivity contribution in [3.63, 3.8) is 0 Å². The second-order valence-corrected chi connectivity index (χ2v) is 12.4. The molecule has 6 N–H and O–H groups in total. The molecule has 40 heavy (non-hydrogen) atoms. The summed E-state index contributed by atoms with van der Waals surface area (Å²) < 4.78 is 15.9. The van der Waals surface area contributed by atoms with Crippen LogP contribution in [0.25, 0.3) is 0 Å². The molecule has 0 aromatic carbocycles. The van der Waals surface area contributed by atoms with E-state index in [1.54, 1.807) is 62.3 Å². The van der Waals surface area contributed by atoms with Gasteiger partial charge in [-0.15, -0.1) is 0 Å². The molecule has 0 spiro atoms. The lowest BCUT2D eigenvalue weighted by Gasteiger charge is -2.28. The minimum absolute atomic E-state index is 0.0809. The Hall–Kier alpha value is -3.09. The van der Waals surface area contributed by atoms with Crippen LogP contribution in [0.1, 0.15) is 101 Å². The predicted molar refractivity (Wildman–Crippen MR) is 153 cm³/mol. The van der Waals surface area contributed by atoms with Gasteiger partial charge in [0.25, 0.3) is 0 Å². The van der Waals surface area contributed by atoms with Crippen LogP contribution in [0.2, 0.25) is 0 Å². The topological polar surface area (TPSA) is 185 Å². The van der Waals surface area contributed by atoms with Crippen LogP contribution < -0.4 is 21.7 Å². The lowest BCUT2D eigenvalue weighted by molar-refractivity contribution is -0.123. The van der Waals surface area contributed by atoms with Crippen LogP contribution in [0.5, 0.6) is 0 Å². The van der Waals surface area contributed by atoms with E-state index in [1.165, 1.54) is 0 Å². The molecule has 0 aromatic heterocycles. The number of hydrogen-bond donors (Lipinski definition) is 5. The second kappa shape index (κ2) is 16.9. The first-order chi connectivity index (χ1) is 18.2. The zero-order chi connectivity index (χ0) is 31.1. The third-order valence-corrected chi connectivity index (χ3v) is 4.82. The molecule has 0 aromatic rings. The Morgan fingerprint density at radius 2 is 1.30 bits per heavy atom. The quantitative estimate of drug-likeness (QED) is 0.100. The molecule has 1 atom stereocenters. The number of carbonyl (C=O) groups excluding carboxylic acids is 4. The summed E-state index contributed by atoms with van der Waals surface area (Å²) in [6.07, 6.45) is 1.37. The predicted octanol–water partition coefficient (Wildman–Crippen LogP) is 3.99. The first-order valence-corrected chi connectivity index (χ1v) is 13.8. The Kier molecular flexibility index (Phi) is 15.6. The second-order valence-electron chi connectivity index (χ2n) is 12.4. The van der Waals surface area contributed by atoms with Gasteiger partial charge in [0.1, 0.15) is 22.8 Å². The molecule has 0 fully saturated rings. The number of carbonyl (C=O) groups is 4. The molecular weight excluding hydrogens is 520 g/mol. The molecule has 0 bridgehead atoms. The van der Waals surface area contributed by atoms with Gasteiger partial charge >= 0.3 is 18.3 Å². The number of hydrogen-bond acceptors (Lipinski definition) is 9. The van der Waals surface area contributed by atoms with Crippen LogP contribution in [-0.2, 0) is 19.0 Å². The Morgan fingerprint density at radius 3 is 1.82 bits per heavy atom. The maximum absolute atomic E-state index is 12.9. The number of nitrogens with zero attached hydrogens (tertiary/aromatic N) is 1. The lowest BCUT2D eigenvalue weighted by atomic mass is 10.1. The van der Waals surface area contributed by atoms with E-state index in [-0.39, 0.29) is 19.4 Å². The van der Waals surface area contributed by atoms with Crippen molar-refractivity contribution >= 4 is 30.1 Å². The van der Waals surface area contributed by atoms with E-state index in [0.29, 0.717) is 13.1 Å². The Balaban J connectivity index is 5.46. The summed E-state index contributed by atoms with van der Waals surface area (Å²) in [5.74, 6) is -0.933. The van der Waals surface area contributed by atoms with Gasteiger partial charge in [-0.1, -0.05) is 12.8 Å². The van der Waals surface area contributed by atoms with E-state index < -0.39 is 53.0 Å². The summed E-state index contributed by atoms with van der Waals surface area (Å²) in [4.78, 5) is 51.3. The molecule has 0 aliphatic rings. The fourth-order valence-corrected chi connectivity index (χ4v) is 3.21. The SMILES string of the molecule is CC(C)(C)OC(=O)NC(=N)N(CCCC(NC(=O)OC(C)(C)C)C(=O)NCCCCCCN)C(=O)OC(C)(C)C. The van der Waals surface area contributed by atoms with Gasteiger partial charge in [0.2, 0.25) is 11.9 Å². The fourth-order valence-electron chi connectivity index (χ4n) is 3.21. The fraction of sp³-hybridized carbons (Fsp3) is 0.815. The maximum atomic E-state index is 12.9. The van der Waals surface area contributed by atoms with Gasteiger partial charge in [0, 0.05) is 13.1 Å². The van der Waals surface area contributed by atoms with Gasteiger partial charge in [-0.25, -0.2) is 19.3 Å². The van der Waals surface area contributed by atoms with Crippen molar-refractivity contribution in [2.45, 2.75) is 124 Å². The number of nitrogens with one attached hydrogen (secondary N) is 4. The zero-order valence-corrected chi connectivity index (χ0v) is 25.8. The van der Waals surface area contributed by atoms with E-state index >= 15 is 0 Å². The average Bonchev–Trinajstić information content (AvgIpc) is 2.73. The van der Waals surface area contributed by atoms with Gasteiger partial charge in [-0.3, -0.25) is 15.5 Å². The van der Waals surface area contributed by atoms with Gasteiger partial charge in [0.05, 0.1) is 0 Å². The molecule has 0 aliphatic heterocycles. The van der Waals surface area contributed by atoms with E-state index in [2.05, 4.69) is 16.0 Å². The summed E-state index contributed by atoms with van der Waals surface area (Å²) >= 11 is 0. The van der Waals surface area contributed by atoms with Crippen molar-refractivity contribution in [2.24, 2.45) is 5.73 Å². The third kappa shape index (κ3) is 19.0. The van der Waals surface area contributed by atoms with Crippen LogP contribution in [0.3, 0.4) is 0 Å². The zero-order valence-electron chi connectivity index (χ0n) is 25.8. The Morgan fingerprint density at radius 1 is 0.775 bits per heavy atom. The van der Waals surface area contributed by atoms with Crippen LogP contribution in [0.4, 0.5) is 14.4 Å². The molecule has 13 heteroatoms. The minimum atomic E-state index is -0.952. The molecule has 0 aliphatic carbocycles. The van der Waals surface area contributed by atoms with E-state index in [4.69, 9.17) is 25.4 Å². The average molecular weight is 573 g/mol. The largest absolute Gasteiger partial charge is 0.444 e. The van der Waals surface area contributed by atoms with E-state index in [9.17, 15) is 19.2 Å². The number of guanidine groups is 1. The summed E-state index contributed by atoms with van der Waals surface area (Å²) in [6, 6.07) is -0.952. The monoisotopic (exact) mass is 572 g/mol. The van der Waals surface area contributed by atoms with Gasteiger partial charge in [-0.05, 0) is 94.5 Å². The van der Waals surface area contributed by atoms with Crippen molar-refractivity contribution in [1.82, 2.24) is 20.9 Å². The number of alkyl carbamates (subject to hydrolysis) is 2. The van der Waals surface area contributed by atoms with Crippen molar-refractivity contribution < 1.29 is 33.4 Å². The van der Waals surface area contributed by atoms with Crippen LogP contribution in [-0.4, -0.2) is 77.5 Å². The number of amides is 4.